The van der Waals surface area contributed by atoms with Gasteiger partial charge in [0.15, 0.2) is 0 Å². The Bertz CT molecular complexity index is 1040. The maximum atomic E-state index is 8.59. The van der Waals surface area contributed by atoms with Gasteiger partial charge in [-0.25, -0.2) is 4.68 Å². The summed E-state index contributed by atoms with van der Waals surface area (Å²) in [6.07, 6.45) is 3.11. The molecule has 0 atom stereocenters. The Morgan fingerprint density at radius 1 is 0.867 bits per heavy atom. The van der Waals surface area contributed by atoms with E-state index in [0.717, 1.165) is 16.8 Å². The van der Waals surface area contributed by atoms with E-state index in [2.05, 4.69) is 61.9 Å². The lowest BCUT2D eigenvalue weighted by Crippen LogP contribution is -2.05. The summed E-state index contributed by atoms with van der Waals surface area (Å²) < 4.78 is 7.30. The number of alkyl halides is 1. The Hall–Kier alpha value is -3.63. The Balaban J connectivity index is 0.000000172. The highest BCUT2D eigenvalue weighted by Gasteiger charge is 1.96. The molecule has 1 N–H and O–H groups in total. The van der Waals surface area contributed by atoms with Crippen LogP contribution in [-0.2, 0) is 11.9 Å². The molecule has 0 aliphatic carbocycles. The molecule has 0 aliphatic heterocycles. The van der Waals surface area contributed by atoms with Gasteiger partial charge in [-0.2, -0.15) is 5.26 Å². The van der Waals surface area contributed by atoms with Gasteiger partial charge in [0.2, 0.25) is 0 Å². The SMILES string of the molecule is BrCc1ccc(OCc2ccccc2)cc1.N#Cc1ccc(Nn2cnnc2)cc1. The zero-order valence-electron chi connectivity index (χ0n) is 16.1. The first-order chi connectivity index (χ1) is 14.8. The fourth-order valence-corrected chi connectivity index (χ4v) is 2.82. The quantitative estimate of drug-likeness (QED) is 0.400. The summed E-state index contributed by atoms with van der Waals surface area (Å²) >= 11 is 3.42. The van der Waals surface area contributed by atoms with Gasteiger partial charge < -0.3 is 4.74 Å². The molecule has 1 aromatic heterocycles. The van der Waals surface area contributed by atoms with E-state index in [4.69, 9.17) is 10.00 Å². The van der Waals surface area contributed by atoms with Gasteiger partial charge in [-0.05, 0) is 47.5 Å². The number of ether oxygens (including phenoxy) is 1. The first-order valence-electron chi connectivity index (χ1n) is 9.20. The van der Waals surface area contributed by atoms with E-state index < -0.39 is 0 Å². The molecule has 0 radical (unpaired) electrons. The van der Waals surface area contributed by atoms with Crippen LogP contribution in [0.2, 0.25) is 0 Å². The summed E-state index contributed by atoms with van der Waals surface area (Å²) in [6.45, 7) is 0.620. The summed E-state index contributed by atoms with van der Waals surface area (Å²) in [4.78, 5) is 0. The molecule has 4 aromatic rings. The average Bonchev–Trinajstić information content (AvgIpc) is 3.33. The van der Waals surface area contributed by atoms with E-state index in [-0.39, 0.29) is 0 Å². The zero-order valence-corrected chi connectivity index (χ0v) is 17.7. The van der Waals surface area contributed by atoms with Crippen LogP contribution in [0, 0.1) is 11.3 Å². The molecule has 0 aliphatic rings. The Labute approximate surface area is 183 Å². The molecule has 0 saturated heterocycles. The average molecular weight is 462 g/mol. The predicted molar refractivity (Wildman–Crippen MR) is 120 cm³/mol. The van der Waals surface area contributed by atoms with Gasteiger partial charge in [0.25, 0.3) is 0 Å². The minimum absolute atomic E-state index is 0.620. The molecule has 3 aromatic carbocycles. The number of nitrogens with zero attached hydrogens (tertiary/aromatic N) is 4. The summed E-state index contributed by atoms with van der Waals surface area (Å²) in [7, 11) is 0. The Morgan fingerprint density at radius 2 is 1.53 bits per heavy atom. The zero-order chi connectivity index (χ0) is 21.0. The number of nitrogens with one attached hydrogen (secondary N) is 1. The molecule has 0 spiro atoms. The second-order valence-electron chi connectivity index (χ2n) is 6.22. The van der Waals surface area contributed by atoms with E-state index in [1.54, 1.807) is 29.5 Å². The largest absolute Gasteiger partial charge is 0.489 e. The van der Waals surface area contributed by atoms with Gasteiger partial charge in [-0.15, -0.1) is 10.2 Å². The van der Waals surface area contributed by atoms with Crippen molar-refractivity contribution in [3.05, 3.63) is 108 Å². The second kappa shape index (κ2) is 11.4. The van der Waals surface area contributed by atoms with Crippen molar-refractivity contribution in [3.63, 3.8) is 0 Å². The summed E-state index contributed by atoms with van der Waals surface area (Å²) in [5, 5.41) is 16.8. The second-order valence-corrected chi connectivity index (χ2v) is 6.78. The van der Waals surface area contributed by atoms with Crippen molar-refractivity contribution in [1.29, 1.82) is 5.26 Å². The Morgan fingerprint density at radius 3 is 2.13 bits per heavy atom. The van der Waals surface area contributed by atoms with Crippen LogP contribution < -0.4 is 10.2 Å². The van der Waals surface area contributed by atoms with Crippen molar-refractivity contribution < 1.29 is 4.74 Å². The van der Waals surface area contributed by atoms with Gasteiger partial charge in [0.1, 0.15) is 25.0 Å². The first kappa shape index (κ1) is 21.1. The van der Waals surface area contributed by atoms with E-state index >= 15 is 0 Å². The van der Waals surface area contributed by atoms with Crippen LogP contribution in [0.4, 0.5) is 5.69 Å². The standard InChI is InChI=1S/C14H13BrO.C9H7N5/c15-10-12-6-8-14(9-7-12)16-11-13-4-2-1-3-5-13;10-5-8-1-3-9(4-2-8)13-14-6-11-12-7-14/h1-9H,10-11H2;1-4,6-7,13H. The lowest BCUT2D eigenvalue weighted by atomic mass is 10.2. The van der Waals surface area contributed by atoms with E-state index in [1.165, 1.54) is 11.1 Å². The van der Waals surface area contributed by atoms with Crippen molar-refractivity contribution in [1.82, 2.24) is 14.9 Å². The highest BCUT2D eigenvalue weighted by Crippen LogP contribution is 2.15. The highest BCUT2D eigenvalue weighted by atomic mass is 79.9. The maximum absolute atomic E-state index is 8.59. The van der Waals surface area contributed by atoms with Crippen LogP contribution in [-0.4, -0.2) is 14.9 Å². The molecule has 150 valence electrons. The lowest BCUT2D eigenvalue weighted by molar-refractivity contribution is 0.306. The third kappa shape index (κ3) is 6.76. The molecule has 0 unspecified atom stereocenters. The van der Waals surface area contributed by atoms with Crippen LogP contribution in [0.3, 0.4) is 0 Å². The predicted octanol–water partition coefficient (Wildman–Crippen LogP) is 5.19. The molecule has 1 heterocycles. The summed E-state index contributed by atoms with van der Waals surface area (Å²) in [5.41, 5.74) is 6.98. The van der Waals surface area contributed by atoms with Crippen LogP contribution in [0.5, 0.6) is 5.75 Å². The van der Waals surface area contributed by atoms with Crippen molar-refractivity contribution in [2.24, 2.45) is 0 Å². The van der Waals surface area contributed by atoms with E-state index in [1.807, 2.05) is 42.5 Å². The first-order valence-corrected chi connectivity index (χ1v) is 10.3. The molecule has 0 amide bonds. The number of anilines is 1. The van der Waals surface area contributed by atoms with Gasteiger partial charge in [-0.3, -0.25) is 5.43 Å². The third-order valence-electron chi connectivity index (χ3n) is 4.02. The molecule has 0 saturated carbocycles. The number of hydrogen-bond acceptors (Lipinski definition) is 5. The van der Waals surface area contributed by atoms with Crippen molar-refractivity contribution >= 4 is 21.6 Å². The van der Waals surface area contributed by atoms with Crippen LogP contribution in [0.1, 0.15) is 16.7 Å². The maximum Gasteiger partial charge on any atom is 0.139 e. The van der Waals surface area contributed by atoms with Crippen LogP contribution in [0.15, 0.2) is 91.5 Å². The Kier molecular flexibility index (Phi) is 8.01. The summed E-state index contributed by atoms with van der Waals surface area (Å²) in [5.74, 6) is 0.911. The number of hydrogen-bond donors (Lipinski definition) is 1. The molecule has 0 fully saturated rings. The molecule has 4 rings (SSSR count). The van der Waals surface area contributed by atoms with Crippen molar-refractivity contribution in [3.8, 4) is 11.8 Å². The van der Waals surface area contributed by atoms with Crippen LogP contribution >= 0.6 is 15.9 Å². The third-order valence-corrected chi connectivity index (χ3v) is 4.66. The molecular weight excluding hydrogens is 442 g/mol. The fourth-order valence-electron chi connectivity index (χ4n) is 2.44. The molecular formula is C23H20BrN5O. The monoisotopic (exact) mass is 461 g/mol. The van der Waals surface area contributed by atoms with E-state index in [0.29, 0.717) is 12.2 Å². The highest BCUT2D eigenvalue weighted by molar-refractivity contribution is 9.08. The number of benzene rings is 3. The fraction of sp³-hybridized carbons (Fsp3) is 0.0870. The molecule has 0 bridgehead atoms. The topological polar surface area (TPSA) is 75.8 Å². The van der Waals surface area contributed by atoms with E-state index in [9.17, 15) is 0 Å². The van der Waals surface area contributed by atoms with Crippen LogP contribution in [0.25, 0.3) is 0 Å². The number of halogens is 1. The normalized spacial score (nSPS) is 9.73. The number of nitriles is 1. The van der Waals surface area contributed by atoms with Gasteiger partial charge in [0, 0.05) is 5.33 Å². The van der Waals surface area contributed by atoms with Crippen molar-refractivity contribution in [2.45, 2.75) is 11.9 Å². The smallest absolute Gasteiger partial charge is 0.139 e. The van der Waals surface area contributed by atoms with Crippen molar-refractivity contribution in [2.75, 3.05) is 5.43 Å². The van der Waals surface area contributed by atoms with Gasteiger partial charge >= 0.3 is 0 Å². The summed E-state index contributed by atoms with van der Waals surface area (Å²) in [6, 6.07) is 27.5. The molecule has 7 heteroatoms. The minimum Gasteiger partial charge on any atom is -0.489 e. The molecule has 30 heavy (non-hydrogen) atoms. The van der Waals surface area contributed by atoms with Gasteiger partial charge in [-0.1, -0.05) is 58.4 Å². The van der Waals surface area contributed by atoms with Gasteiger partial charge in [0.05, 0.1) is 17.3 Å². The number of rotatable bonds is 6. The lowest BCUT2D eigenvalue weighted by Gasteiger charge is -2.06. The minimum atomic E-state index is 0.620. The number of aromatic nitrogens is 3. The molecule has 6 nitrogen and oxygen atoms in total.